The zero-order valence-electron chi connectivity index (χ0n) is 18.2. The Labute approximate surface area is 182 Å². The fourth-order valence-electron chi connectivity index (χ4n) is 2.92. The number of carbonyl (C=O) groups is 4. The Hall–Kier alpha value is -3.48. The highest BCUT2D eigenvalue weighted by Crippen LogP contribution is 2.17. The first kappa shape index (κ1) is 23.8. The number of hydrogen-bond acceptors (Lipinski definition) is 5. The summed E-state index contributed by atoms with van der Waals surface area (Å²) in [7, 11) is 0. The molecule has 0 fully saturated rings. The third-order valence-electron chi connectivity index (χ3n) is 5.02. The minimum Gasteiger partial charge on any atom is -0.451 e. The van der Waals surface area contributed by atoms with Crippen LogP contribution in [0.4, 0.5) is 5.69 Å². The first-order valence-electron chi connectivity index (χ1n) is 10.2. The number of para-hydroxylation sites is 1. The lowest BCUT2D eigenvalue weighted by atomic mass is 9.98. The van der Waals surface area contributed by atoms with Gasteiger partial charge in [-0.25, -0.2) is 4.79 Å². The zero-order chi connectivity index (χ0) is 23.0. The molecule has 2 aromatic rings. The van der Waals surface area contributed by atoms with Gasteiger partial charge in [0, 0.05) is 11.1 Å². The van der Waals surface area contributed by atoms with Gasteiger partial charge in [0.05, 0.1) is 5.69 Å². The van der Waals surface area contributed by atoms with Gasteiger partial charge in [-0.05, 0) is 44.0 Å². The van der Waals surface area contributed by atoms with Gasteiger partial charge in [-0.1, -0.05) is 50.6 Å². The molecule has 31 heavy (non-hydrogen) atoms. The van der Waals surface area contributed by atoms with Crippen LogP contribution in [0.5, 0.6) is 0 Å². The molecule has 0 spiro atoms. The monoisotopic (exact) mass is 424 g/mol. The van der Waals surface area contributed by atoms with Crippen LogP contribution in [-0.2, 0) is 14.3 Å². The second-order valence-corrected chi connectivity index (χ2v) is 7.37. The molecular weight excluding hydrogens is 396 g/mol. The number of Topliss-reactive ketones (excluding diaryl/α,β-unsaturated/α-hetero) is 1. The van der Waals surface area contributed by atoms with E-state index >= 15 is 0 Å². The van der Waals surface area contributed by atoms with Gasteiger partial charge in [-0.2, -0.15) is 0 Å². The van der Waals surface area contributed by atoms with E-state index in [1.165, 1.54) is 13.8 Å². The van der Waals surface area contributed by atoms with Gasteiger partial charge in [-0.15, -0.1) is 0 Å². The Bertz CT molecular complexity index is 942. The summed E-state index contributed by atoms with van der Waals surface area (Å²) in [5.41, 5.74) is 1.14. The smallest absolute Gasteiger partial charge is 0.329 e. The van der Waals surface area contributed by atoms with E-state index in [9.17, 15) is 19.2 Å². The van der Waals surface area contributed by atoms with Crippen LogP contribution in [0.2, 0.25) is 0 Å². The predicted molar refractivity (Wildman–Crippen MR) is 118 cm³/mol. The first-order valence-corrected chi connectivity index (χ1v) is 10.2. The van der Waals surface area contributed by atoms with Crippen molar-refractivity contribution in [3.05, 3.63) is 65.7 Å². The third-order valence-corrected chi connectivity index (χ3v) is 5.02. The average Bonchev–Trinajstić information content (AvgIpc) is 2.77. The van der Waals surface area contributed by atoms with E-state index in [1.807, 2.05) is 13.8 Å². The Morgan fingerprint density at radius 2 is 1.55 bits per heavy atom. The normalized spacial score (nSPS) is 13.4. The number of anilines is 1. The molecule has 164 valence electrons. The maximum atomic E-state index is 12.8. The van der Waals surface area contributed by atoms with Gasteiger partial charge in [0.2, 0.25) is 0 Å². The van der Waals surface area contributed by atoms with Crippen LogP contribution in [0.15, 0.2) is 54.6 Å². The Morgan fingerprint density at radius 1 is 0.935 bits per heavy atom. The number of rotatable bonds is 9. The van der Waals surface area contributed by atoms with Crippen LogP contribution in [-0.4, -0.2) is 35.7 Å². The maximum Gasteiger partial charge on any atom is 0.329 e. The number of ether oxygens (including phenoxy) is 1. The van der Waals surface area contributed by atoms with Gasteiger partial charge >= 0.3 is 5.97 Å². The standard InChI is InChI=1S/C24H28N2O5/c1-5-15(2)21(26-23(29)18-11-7-6-8-12-18)24(30)31-17(4)22(28)25-20-14-10-9-13-19(20)16(3)27/h6-15,17,21H,5H2,1-4H3,(H,25,28)(H,26,29)/t15-,17-,21-/m0/s1. The summed E-state index contributed by atoms with van der Waals surface area (Å²) >= 11 is 0. The van der Waals surface area contributed by atoms with Gasteiger partial charge in [-0.3, -0.25) is 14.4 Å². The summed E-state index contributed by atoms with van der Waals surface area (Å²) < 4.78 is 5.36. The minimum absolute atomic E-state index is 0.194. The third kappa shape index (κ3) is 6.50. The number of nitrogens with one attached hydrogen (secondary N) is 2. The van der Waals surface area contributed by atoms with Crippen molar-refractivity contribution in [2.45, 2.75) is 46.3 Å². The van der Waals surface area contributed by atoms with E-state index in [1.54, 1.807) is 54.6 Å². The van der Waals surface area contributed by atoms with Crippen molar-refractivity contribution in [1.29, 1.82) is 0 Å². The van der Waals surface area contributed by atoms with Crippen molar-refractivity contribution in [3.63, 3.8) is 0 Å². The maximum absolute atomic E-state index is 12.8. The fraction of sp³-hybridized carbons (Fsp3) is 0.333. The van der Waals surface area contributed by atoms with Crippen LogP contribution in [0.3, 0.4) is 0 Å². The van der Waals surface area contributed by atoms with Gasteiger partial charge < -0.3 is 15.4 Å². The number of benzene rings is 2. The van der Waals surface area contributed by atoms with Crippen LogP contribution in [0.25, 0.3) is 0 Å². The molecule has 7 nitrogen and oxygen atoms in total. The summed E-state index contributed by atoms with van der Waals surface area (Å²) in [4.78, 5) is 49.6. The van der Waals surface area contributed by atoms with Crippen molar-refractivity contribution in [2.75, 3.05) is 5.32 Å². The minimum atomic E-state index is -1.12. The molecule has 0 aliphatic heterocycles. The highest BCUT2D eigenvalue weighted by atomic mass is 16.5. The molecule has 2 N–H and O–H groups in total. The number of hydrogen-bond donors (Lipinski definition) is 2. The van der Waals surface area contributed by atoms with Gasteiger partial charge in [0.15, 0.2) is 11.9 Å². The molecule has 0 saturated heterocycles. The molecule has 0 radical (unpaired) electrons. The summed E-state index contributed by atoms with van der Waals surface area (Å²) in [6.45, 7) is 6.57. The number of carbonyl (C=O) groups excluding carboxylic acids is 4. The summed E-state index contributed by atoms with van der Waals surface area (Å²) in [5.74, 6) is -2.05. The number of esters is 1. The molecule has 0 bridgehead atoms. The molecule has 3 atom stereocenters. The van der Waals surface area contributed by atoms with Crippen molar-refractivity contribution >= 4 is 29.3 Å². The van der Waals surface area contributed by atoms with Crippen LogP contribution in [0.1, 0.15) is 54.8 Å². The Balaban J connectivity index is 2.07. The van der Waals surface area contributed by atoms with E-state index in [2.05, 4.69) is 10.6 Å². The van der Waals surface area contributed by atoms with Gasteiger partial charge in [0.25, 0.3) is 11.8 Å². The Morgan fingerprint density at radius 3 is 2.16 bits per heavy atom. The quantitative estimate of drug-likeness (QED) is 0.473. The highest BCUT2D eigenvalue weighted by molar-refractivity contribution is 6.05. The van der Waals surface area contributed by atoms with Crippen molar-refractivity contribution < 1.29 is 23.9 Å². The molecule has 0 aliphatic rings. The summed E-state index contributed by atoms with van der Waals surface area (Å²) in [6, 6.07) is 14.2. The van der Waals surface area contributed by atoms with Crippen LogP contribution >= 0.6 is 0 Å². The van der Waals surface area contributed by atoms with Crippen LogP contribution < -0.4 is 10.6 Å². The molecule has 0 saturated carbocycles. The predicted octanol–water partition coefficient (Wildman–Crippen LogP) is 3.60. The van der Waals surface area contributed by atoms with E-state index in [0.717, 1.165) is 0 Å². The second kappa shape index (κ2) is 11.1. The molecule has 0 unspecified atom stereocenters. The zero-order valence-corrected chi connectivity index (χ0v) is 18.2. The molecule has 2 aromatic carbocycles. The topological polar surface area (TPSA) is 102 Å². The number of ketones is 1. The highest BCUT2D eigenvalue weighted by Gasteiger charge is 2.30. The average molecular weight is 424 g/mol. The fourth-order valence-corrected chi connectivity index (χ4v) is 2.92. The molecule has 0 aromatic heterocycles. The second-order valence-electron chi connectivity index (χ2n) is 7.37. The lowest BCUT2D eigenvalue weighted by molar-refractivity contribution is -0.156. The summed E-state index contributed by atoms with van der Waals surface area (Å²) in [5, 5.41) is 5.33. The lowest BCUT2D eigenvalue weighted by Crippen LogP contribution is -2.47. The van der Waals surface area contributed by atoms with Crippen molar-refractivity contribution in [1.82, 2.24) is 5.32 Å². The Kier molecular flexibility index (Phi) is 8.49. The molecule has 0 aliphatic carbocycles. The number of amides is 2. The van der Waals surface area contributed by atoms with E-state index in [0.29, 0.717) is 23.2 Å². The lowest BCUT2D eigenvalue weighted by Gasteiger charge is -2.24. The molecular formula is C24H28N2O5. The molecule has 7 heteroatoms. The first-order chi connectivity index (χ1) is 14.7. The molecule has 2 amide bonds. The van der Waals surface area contributed by atoms with Crippen molar-refractivity contribution in [3.8, 4) is 0 Å². The molecule has 0 heterocycles. The van der Waals surface area contributed by atoms with E-state index in [4.69, 9.17) is 4.74 Å². The van der Waals surface area contributed by atoms with Crippen molar-refractivity contribution in [2.24, 2.45) is 5.92 Å². The van der Waals surface area contributed by atoms with E-state index < -0.39 is 29.9 Å². The molecule has 2 rings (SSSR count). The van der Waals surface area contributed by atoms with Gasteiger partial charge in [0.1, 0.15) is 6.04 Å². The largest absolute Gasteiger partial charge is 0.451 e. The SMILES string of the molecule is CC[C@H](C)[C@H](NC(=O)c1ccccc1)C(=O)O[C@@H](C)C(=O)Nc1ccccc1C(C)=O. The van der Waals surface area contributed by atoms with E-state index in [-0.39, 0.29) is 11.7 Å². The van der Waals surface area contributed by atoms with Crippen LogP contribution in [0, 0.1) is 5.92 Å². The summed E-state index contributed by atoms with van der Waals surface area (Å²) in [6.07, 6.45) is -0.491.